The Balaban J connectivity index is 2.11. The summed E-state index contributed by atoms with van der Waals surface area (Å²) in [4.78, 5) is 11.2. The number of rotatable bonds is 3. The second-order valence-corrected chi connectivity index (χ2v) is 4.19. The van der Waals surface area contributed by atoms with Gasteiger partial charge in [-0.1, -0.05) is 18.2 Å². The molecule has 0 radical (unpaired) electrons. The maximum absolute atomic E-state index is 11.2. The van der Waals surface area contributed by atoms with Gasteiger partial charge in [-0.25, -0.2) is 4.79 Å². The fourth-order valence-electron chi connectivity index (χ4n) is 2.13. The predicted octanol–water partition coefficient (Wildman–Crippen LogP) is 2.21. The standard InChI is InChI=1S/C14H17NO2/c1-2-17-14(16)8-4-10-3-6-12-11(9-10)5-7-13(12)15/h3-4,6,8-9,13H,2,5,7,15H2,1H3. The van der Waals surface area contributed by atoms with E-state index in [0.717, 1.165) is 18.4 Å². The van der Waals surface area contributed by atoms with Crippen LogP contribution in [-0.4, -0.2) is 12.6 Å². The maximum Gasteiger partial charge on any atom is 0.330 e. The molecule has 2 N–H and O–H groups in total. The lowest BCUT2D eigenvalue weighted by Gasteiger charge is -2.04. The number of ether oxygens (including phenoxy) is 1. The Bertz CT molecular complexity index is 452. The predicted molar refractivity (Wildman–Crippen MR) is 67.4 cm³/mol. The van der Waals surface area contributed by atoms with Gasteiger partial charge in [0.15, 0.2) is 0 Å². The average Bonchev–Trinajstić information content (AvgIpc) is 2.69. The van der Waals surface area contributed by atoms with Crippen LogP contribution in [0.5, 0.6) is 0 Å². The van der Waals surface area contributed by atoms with Crippen LogP contribution in [0.3, 0.4) is 0 Å². The number of fused-ring (bicyclic) bond motifs is 1. The highest BCUT2D eigenvalue weighted by atomic mass is 16.5. The molecule has 3 heteroatoms. The van der Waals surface area contributed by atoms with E-state index in [0.29, 0.717) is 6.61 Å². The van der Waals surface area contributed by atoms with Crippen LogP contribution in [0.15, 0.2) is 24.3 Å². The fourth-order valence-corrected chi connectivity index (χ4v) is 2.13. The number of carbonyl (C=O) groups is 1. The van der Waals surface area contributed by atoms with Crippen molar-refractivity contribution in [2.45, 2.75) is 25.8 Å². The Morgan fingerprint density at radius 2 is 2.41 bits per heavy atom. The van der Waals surface area contributed by atoms with E-state index in [-0.39, 0.29) is 12.0 Å². The summed E-state index contributed by atoms with van der Waals surface area (Å²) < 4.78 is 4.83. The molecule has 1 aromatic rings. The molecule has 17 heavy (non-hydrogen) atoms. The fraction of sp³-hybridized carbons (Fsp3) is 0.357. The second-order valence-electron chi connectivity index (χ2n) is 4.19. The van der Waals surface area contributed by atoms with Gasteiger partial charge < -0.3 is 10.5 Å². The highest BCUT2D eigenvalue weighted by Crippen LogP contribution is 2.29. The molecule has 0 spiro atoms. The van der Waals surface area contributed by atoms with Gasteiger partial charge in [0.2, 0.25) is 0 Å². The first-order chi connectivity index (χ1) is 8.20. The average molecular weight is 231 g/mol. The van der Waals surface area contributed by atoms with Gasteiger partial charge >= 0.3 is 5.97 Å². The van der Waals surface area contributed by atoms with Crippen LogP contribution < -0.4 is 5.73 Å². The Morgan fingerprint density at radius 1 is 1.59 bits per heavy atom. The summed E-state index contributed by atoms with van der Waals surface area (Å²) >= 11 is 0. The van der Waals surface area contributed by atoms with Crippen molar-refractivity contribution in [1.29, 1.82) is 0 Å². The Kier molecular flexibility index (Phi) is 3.59. The van der Waals surface area contributed by atoms with Crippen molar-refractivity contribution in [2.75, 3.05) is 6.61 Å². The first kappa shape index (κ1) is 11.9. The molecule has 0 heterocycles. The lowest BCUT2D eigenvalue weighted by Crippen LogP contribution is -2.04. The van der Waals surface area contributed by atoms with Gasteiger partial charge in [-0.2, -0.15) is 0 Å². The van der Waals surface area contributed by atoms with E-state index in [2.05, 4.69) is 12.1 Å². The van der Waals surface area contributed by atoms with Crippen molar-refractivity contribution >= 4 is 12.0 Å². The second kappa shape index (κ2) is 5.15. The maximum atomic E-state index is 11.2. The number of hydrogen-bond acceptors (Lipinski definition) is 3. The van der Waals surface area contributed by atoms with Gasteiger partial charge in [0.05, 0.1) is 6.61 Å². The van der Waals surface area contributed by atoms with E-state index in [9.17, 15) is 4.79 Å². The minimum atomic E-state index is -0.301. The van der Waals surface area contributed by atoms with E-state index >= 15 is 0 Å². The molecular weight excluding hydrogens is 214 g/mol. The van der Waals surface area contributed by atoms with E-state index in [4.69, 9.17) is 10.5 Å². The van der Waals surface area contributed by atoms with Gasteiger partial charge in [-0.3, -0.25) is 0 Å². The minimum Gasteiger partial charge on any atom is -0.463 e. The zero-order valence-corrected chi connectivity index (χ0v) is 9.98. The van der Waals surface area contributed by atoms with Gasteiger partial charge in [-0.05, 0) is 42.5 Å². The number of carbonyl (C=O) groups excluding carboxylic acids is 1. The van der Waals surface area contributed by atoms with Gasteiger partial charge in [0.25, 0.3) is 0 Å². The molecule has 0 aliphatic heterocycles. The largest absolute Gasteiger partial charge is 0.463 e. The molecule has 0 amide bonds. The molecule has 90 valence electrons. The van der Waals surface area contributed by atoms with E-state index in [1.54, 1.807) is 13.0 Å². The first-order valence-electron chi connectivity index (χ1n) is 5.94. The van der Waals surface area contributed by atoms with Crippen LogP contribution >= 0.6 is 0 Å². The van der Waals surface area contributed by atoms with E-state index in [1.807, 2.05) is 6.07 Å². The molecule has 1 aliphatic carbocycles. The molecule has 0 fully saturated rings. The van der Waals surface area contributed by atoms with Crippen molar-refractivity contribution in [3.8, 4) is 0 Å². The Morgan fingerprint density at radius 3 is 3.18 bits per heavy atom. The molecule has 1 aromatic carbocycles. The summed E-state index contributed by atoms with van der Waals surface area (Å²) in [7, 11) is 0. The van der Waals surface area contributed by atoms with Crippen LogP contribution in [0.4, 0.5) is 0 Å². The molecule has 0 bridgehead atoms. The molecule has 1 atom stereocenters. The van der Waals surface area contributed by atoms with Crippen molar-refractivity contribution in [2.24, 2.45) is 5.73 Å². The smallest absolute Gasteiger partial charge is 0.330 e. The highest BCUT2D eigenvalue weighted by molar-refractivity contribution is 5.87. The molecule has 0 saturated heterocycles. The number of aryl methyl sites for hydroxylation is 1. The lowest BCUT2D eigenvalue weighted by atomic mass is 10.0. The highest BCUT2D eigenvalue weighted by Gasteiger charge is 2.18. The van der Waals surface area contributed by atoms with Crippen molar-refractivity contribution in [3.63, 3.8) is 0 Å². The van der Waals surface area contributed by atoms with Crippen LogP contribution in [0.1, 0.15) is 36.1 Å². The summed E-state index contributed by atoms with van der Waals surface area (Å²) in [5.74, 6) is -0.301. The molecule has 0 aromatic heterocycles. The first-order valence-corrected chi connectivity index (χ1v) is 5.94. The summed E-state index contributed by atoms with van der Waals surface area (Å²) in [6.07, 6.45) is 5.28. The molecule has 1 unspecified atom stereocenters. The molecular formula is C14H17NO2. The summed E-state index contributed by atoms with van der Waals surface area (Å²) in [5.41, 5.74) is 9.51. The van der Waals surface area contributed by atoms with E-state index in [1.165, 1.54) is 17.2 Å². The third-order valence-corrected chi connectivity index (χ3v) is 2.99. The van der Waals surface area contributed by atoms with Crippen LogP contribution in [0.25, 0.3) is 6.08 Å². The molecule has 3 nitrogen and oxygen atoms in total. The Hall–Kier alpha value is -1.61. The van der Waals surface area contributed by atoms with Crippen LogP contribution in [0, 0.1) is 0 Å². The quantitative estimate of drug-likeness (QED) is 0.641. The molecule has 1 aliphatic rings. The normalized spacial score (nSPS) is 18.4. The SMILES string of the molecule is CCOC(=O)C=Cc1ccc2c(c1)CCC2N. The zero-order chi connectivity index (χ0) is 12.3. The lowest BCUT2D eigenvalue weighted by molar-refractivity contribution is -0.137. The van der Waals surface area contributed by atoms with Gasteiger partial charge in [0.1, 0.15) is 0 Å². The number of hydrogen-bond donors (Lipinski definition) is 1. The van der Waals surface area contributed by atoms with Gasteiger partial charge in [-0.15, -0.1) is 0 Å². The van der Waals surface area contributed by atoms with Gasteiger partial charge in [0, 0.05) is 12.1 Å². The Labute approximate surface area is 101 Å². The third kappa shape index (κ3) is 2.74. The number of esters is 1. The van der Waals surface area contributed by atoms with Crippen LogP contribution in [-0.2, 0) is 16.0 Å². The monoisotopic (exact) mass is 231 g/mol. The molecule has 2 rings (SSSR count). The minimum absolute atomic E-state index is 0.174. The number of benzene rings is 1. The molecule has 0 saturated carbocycles. The number of nitrogens with two attached hydrogens (primary N) is 1. The third-order valence-electron chi connectivity index (χ3n) is 2.99. The van der Waals surface area contributed by atoms with Crippen molar-refractivity contribution < 1.29 is 9.53 Å². The summed E-state index contributed by atoms with van der Waals surface area (Å²) in [5, 5.41) is 0. The topological polar surface area (TPSA) is 52.3 Å². The summed E-state index contributed by atoms with van der Waals surface area (Å²) in [6, 6.07) is 6.31. The van der Waals surface area contributed by atoms with Crippen LogP contribution in [0.2, 0.25) is 0 Å². The van der Waals surface area contributed by atoms with E-state index < -0.39 is 0 Å². The van der Waals surface area contributed by atoms with Crippen molar-refractivity contribution in [1.82, 2.24) is 0 Å². The zero-order valence-electron chi connectivity index (χ0n) is 9.98. The summed E-state index contributed by atoms with van der Waals surface area (Å²) in [6.45, 7) is 2.20. The van der Waals surface area contributed by atoms with Crippen molar-refractivity contribution in [3.05, 3.63) is 41.0 Å².